The average Bonchev–Trinajstić information content (AvgIpc) is 3.03. The minimum absolute atomic E-state index is 0.0697. The maximum atomic E-state index is 12.8. The van der Waals surface area contributed by atoms with Crippen LogP contribution in [-0.4, -0.2) is 14.2 Å². The zero-order chi connectivity index (χ0) is 17.4. The van der Waals surface area contributed by atoms with Gasteiger partial charge in [0, 0.05) is 17.7 Å². The summed E-state index contributed by atoms with van der Waals surface area (Å²) < 4.78 is 3.58. The predicted octanol–water partition coefficient (Wildman–Crippen LogP) is 4.28. The number of hydrogen-bond acceptors (Lipinski definition) is 2. The molecule has 0 aliphatic carbocycles. The molecule has 0 saturated heterocycles. The quantitative estimate of drug-likeness (QED) is 0.563. The van der Waals surface area contributed by atoms with E-state index < -0.39 is 0 Å². The van der Waals surface area contributed by atoms with Gasteiger partial charge in [0.25, 0.3) is 5.56 Å². The lowest BCUT2D eigenvalue weighted by Gasteiger charge is -2.11. The Morgan fingerprint density at radius 3 is 2.16 bits per heavy atom. The minimum Gasteiger partial charge on any atom is -0.267 e. The smallest absolute Gasteiger partial charge is 0.267 e. The standard InChI is InChI=1S/C21H19N3O/c1-15(2)18-13-21(25)24-20(22-18)14-19(16-9-5-3-6-10-16)23(24)17-11-7-4-8-12-17/h3-15H,1-2H3. The van der Waals surface area contributed by atoms with Crippen molar-refractivity contribution in [1.29, 1.82) is 0 Å². The zero-order valence-corrected chi connectivity index (χ0v) is 14.3. The van der Waals surface area contributed by atoms with Crippen molar-refractivity contribution in [3.8, 4) is 16.9 Å². The van der Waals surface area contributed by atoms with Crippen LogP contribution in [0.3, 0.4) is 0 Å². The van der Waals surface area contributed by atoms with Gasteiger partial charge >= 0.3 is 0 Å². The van der Waals surface area contributed by atoms with Crippen molar-refractivity contribution in [3.05, 3.63) is 88.8 Å². The third-order valence-electron chi connectivity index (χ3n) is 4.30. The van der Waals surface area contributed by atoms with Crippen LogP contribution in [0.5, 0.6) is 0 Å². The van der Waals surface area contributed by atoms with Crippen LogP contribution in [0.15, 0.2) is 77.6 Å². The van der Waals surface area contributed by atoms with Crippen LogP contribution in [0.25, 0.3) is 22.6 Å². The average molecular weight is 329 g/mol. The topological polar surface area (TPSA) is 39.3 Å². The highest BCUT2D eigenvalue weighted by Crippen LogP contribution is 2.25. The van der Waals surface area contributed by atoms with Crippen molar-refractivity contribution < 1.29 is 0 Å². The molecular formula is C21H19N3O. The molecule has 0 fully saturated rings. The summed E-state index contributed by atoms with van der Waals surface area (Å²) in [4.78, 5) is 17.6. The van der Waals surface area contributed by atoms with Crippen molar-refractivity contribution in [2.24, 2.45) is 0 Å². The molecule has 0 saturated carbocycles. The van der Waals surface area contributed by atoms with Gasteiger partial charge in [-0.2, -0.15) is 4.52 Å². The Kier molecular flexibility index (Phi) is 3.73. The summed E-state index contributed by atoms with van der Waals surface area (Å²) in [6.45, 7) is 4.09. The van der Waals surface area contributed by atoms with Crippen molar-refractivity contribution in [2.75, 3.05) is 0 Å². The molecule has 0 atom stereocenters. The molecule has 2 aromatic carbocycles. The first kappa shape index (κ1) is 15.4. The fraction of sp³-hybridized carbons (Fsp3) is 0.143. The van der Waals surface area contributed by atoms with E-state index in [0.717, 1.165) is 22.6 Å². The first-order valence-electron chi connectivity index (χ1n) is 8.42. The molecule has 0 amide bonds. The lowest BCUT2D eigenvalue weighted by Crippen LogP contribution is -2.21. The van der Waals surface area contributed by atoms with E-state index in [4.69, 9.17) is 4.98 Å². The Morgan fingerprint density at radius 2 is 1.52 bits per heavy atom. The summed E-state index contributed by atoms with van der Waals surface area (Å²) >= 11 is 0. The second kappa shape index (κ2) is 6.06. The molecule has 0 unspecified atom stereocenters. The summed E-state index contributed by atoms with van der Waals surface area (Å²) in [6, 6.07) is 23.6. The molecule has 0 bridgehead atoms. The van der Waals surface area contributed by atoms with E-state index in [1.807, 2.05) is 85.3 Å². The number of nitrogens with zero attached hydrogens (tertiary/aromatic N) is 3. The van der Waals surface area contributed by atoms with Gasteiger partial charge in [-0.3, -0.25) is 4.79 Å². The van der Waals surface area contributed by atoms with Gasteiger partial charge < -0.3 is 0 Å². The molecule has 2 aromatic heterocycles. The lowest BCUT2D eigenvalue weighted by atomic mass is 10.1. The third kappa shape index (κ3) is 2.66. The van der Waals surface area contributed by atoms with Crippen molar-refractivity contribution in [3.63, 3.8) is 0 Å². The molecular weight excluding hydrogens is 310 g/mol. The second-order valence-corrected chi connectivity index (χ2v) is 6.39. The van der Waals surface area contributed by atoms with E-state index in [1.54, 1.807) is 10.6 Å². The molecule has 4 heteroatoms. The van der Waals surface area contributed by atoms with Crippen molar-refractivity contribution in [1.82, 2.24) is 14.2 Å². The fourth-order valence-electron chi connectivity index (χ4n) is 3.03. The summed E-state index contributed by atoms with van der Waals surface area (Å²) in [5.74, 6) is 0.206. The van der Waals surface area contributed by atoms with Gasteiger partial charge in [-0.1, -0.05) is 62.4 Å². The van der Waals surface area contributed by atoms with Crippen LogP contribution in [0.2, 0.25) is 0 Å². The SMILES string of the molecule is CC(C)c1cc(=O)n2c(cc(-c3ccccc3)n2-c2ccccc2)n1. The highest BCUT2D eigenvalue weighted by atomic mass is 16.1. The van der Waals surface area contributed by atoms with Crippen LogP contribution in [-0.2, 0) is 0 Å². The Labute approximate surface area is 146 Å². The van der Waals surface area contributed by atoms with Crippen LogP contribution in [0.4, 0.5) is 0 Å². The van der Waals surface area contributed by atoms with Gasteiger partial charge in [-0.25, -0.2) is 9.67 Å². The molecule has 2 heterocycles. The number of hydrogen-bond donors (Lipinski definition) is 0. The van der Waals surface area contributed by atoms with E-state index in [9.17, 15) is 4.79 Å². The molecule has 0 N–H and O–H groups in total. The fourth-order valence-corrected chi connectivity index (χ4v) is 3.03. The molecule has 0 spiro atoms. The van der Waals surface area contributed by atoms with Gasteiger partial charge in [0.15, 0.2) is 5.65 Å². The molecule has 25 heavy (non-hydrogen) atoms. The number of benzene rings is 2. The monoisotopic (exact) mass is 329 g/mol. The summed E-state index contributed by atoms with van der Waals surface area (Å²) in [6.07, 6.45) is 0. The van der Waals surface area contributed by atoms with E-state index in [0.29, 0.717) is 5.65 Å². The minimum atomic E-state index is -0.0697. The zero-order valence-electron chi connectivity index (χ0n) is 14.3. The van der Waals surface area contributed by atoms with E-state index in [2.05, 4.69) is 0 Å². The highest BCUT2D eigenvalue weighted by molar-refractivity contribution is 5.67. The maximum Gasteiger partial charge on any atom is 0.273 e. The summed E-state index contributed by atoms with van der Waals surface area (Å²) in [5.41, 5.74) is 4.32. The van der Waals surface area contributed by atoms with Gasteiger partial charge in [0.05, 0.1) is 17.1 Å². The molecule has 124 valence electrons. The van der Waals surface area contributed by atoms with Gasteiger partial charge in [-0.15, -0.1) is 0 Å². The van der Waals surface area contributed by atoms with Crippen LogP contribution in [0.1, 0.15) is 25.5 Å². The second-order valence-electron chi connectivity index (χ2n) is 6.39. The Hall–Kier alpha value is -3.14. The summed E-state index contributed by atoms with van der Waals surface area (Å²) in [7, 11) is 0. The Bertz CT molecular complexity index is 1080. The molecule has 0 aliphatic heterocycles. The van der Waals surface area contributed by atoms with Crippen molar-refractivity contribution >= 4 is 5.65 Å². The van der Waals surface area contributed by atoms with Gasteiger partial charge in [0.1, 0.15) is 0 Å². The van der Waals surface area contributed by atoms with E-state index >= 15 is 0 Å². The predicted molar refractivity (Wildman–Crippen MR) is 100 cm³/mol. The lowest BCUT2D eigenvalue weighted by molar-refractivity contribution is 0.744. The first-order chi connectivity index (χ1) is 12.1. The van der Waals surface area contributed by atoms with Gasteiger partial charge in [-0.05, 0) is 18.1 Å². The number of aromatic nitrogens is 3. The Balaban J connectivity index is 2.10. The molecule has 0 radical (unpaired) electrons. The first-order valence-corrected chi connectivity index (χ1v) is 8.42. The van der Waals surface area contributed by atoms with Crippen molar-refractivity contribution in [2.45, 2.75) is 19.8 Å². The van der Waals surface area contributed by atoms with E-state index in [-0.39, 0.29) is 11.5 Å². The number of para-hydroxylation sites is 1. The number of rotatable bonds is 3. The third-order valence-corrected chi connectivity index (χ3v) is 4.30. The van der Waals surface area contributed by atoms with Crippen LogP contribution < -0.4 is 5.56 Å². The number of fused-ring (bicyclic) bond motifs is 1. The molecule has 0 aliphatic rings. The largest absolute Gasteiger partial charge is 0.273 e. The normalized spacial score (nSPS) is 11.3. The Morgan fingerprint density at radius 1 is 0.880 bits per heavy atom. The maximum absolute atomic E-state index is 12.8. The van der Waals surface area contributed by atoms with Gasteiger partial charge in [0.2, 0.25) is 0 Å². The molecule has 4 nitrogen and oxygen atoms in total. The van der Waals surface area contributed by atoms with Crippen LogP contribution >= 0.6 is 0 Å². The summed E-state index contributed by atoms with van der Waals surface area (Å²) in [5, 5.41) is 0. The molecule has 4 rings (SSSR count). The van der Waals surface area contributed by atoms with Crippen LogP contribution in [0, 0.1) is 0 Å². The van der Waals surface area contributed by atoms with E-state index in [1.165, 1.54) is 0 Å². The highest BCUT2D eigenvalue weighted by Gasteiger charge is 2.16. The molecule has 4 aromatic rings.